The quantitative estimate of drug-likeness (QED) is 0.391. The minimum absolute atomic E-state index is 0.0290. The summed E-state index contributed by atoms with van der Waals surface area (Å²) in [6, 6.07) is 16.5. The zero-order chi connectivity index (χ0) is 25.2. The Hall–Kier alpha value is -3.35. The highest BCUT2D eigenvalue weighted by atomic mass is 16.5. The number of benzene rings is 2. The van der Waals surface area contributed by atoms with Gasteiger partial charge >= 0.3 is 12.1 Å². The van der Waals surface area contributed by atoms with Crippen molar-refractivity contribution in [3.63, 3.8) is 0 Å². The minimum atomic E-state index is -0.809. The fraction of sp³-hybridized carbons (Fsp3) is 0.464. The van der Waals surface area contributed by atoms with Gasteiger partial charge in [0.05, 0.1) is 0 Å². The molecule has 2 aromatic carbocycles. The Balaban J connectivity index is 1.38. The lowest BCUT2D eigenvalue weighted by Gasteiger charge is -2.24. The average Bonchev–Trinajstić information content (AvgIpc) is 3.18. The number of nitrogens with one attached hydrogen (secondary N) is 1. The SMILES string of the molecule is CCN(CCCCC(=O)O)C(=O)C(C)CCCNC(=O)OCC1c2ccccc2-c2ccccc21. The Kier molecular flexibility index (Phi) is 9.70. The summed E-state index contributed by atoms with van der Waals surface area (Å²) < 4.78 is 5.55. The predicted octanol–water partition coefficient (Wildman–Crippen LogP) is 5.04. The van der Waals surface area contributed by atoms with Crippen molar-refractivity contribution in [3.05, 3.63) is 59.7 Å². The molecule has 7 nitrogen and oxygen atoms in total. The molecule has 0 aromatic heterocycles. The minimum Gasteiger partial charge on any atom is -0.481 e. The summed E-state index contributed by atoms with van der Waals surface area (Å²) in [6.45, 7) is 5.73. The van der Waals surface area contributed by atoms with E-state index in [4.69, 9.17) is 9.84 Å². The molecule has 188 valence electrons. The number of carboxylic acid groups (broad SMARTS) is 1. The maximum atomic E-state index is 12.7. The van der Waals surface area contributed by atoms with Gasteiger partial charge in [0, 0.05) is 37.9 Å². The number of fused-ring (bicyclic) bond motifs is 3. The predicted molar refractivity (Wildman–Crippen MR) is 135 cm³/mol. The molecule has 3 rings (SSSR count). The molecule has 2 aromatic rings. The molecule has 0 bridgehead atoms. The van der Waals surface area contributed by atoms with Crippen molar-refractivity contribution in [3.8, 4) is 11.1 Å². The van der Waals surface area contributed by atoms with Crippen molar-refractivity contribution in [2.45, 2.75) is 51.9 Å². The summed E-state index contributed by atoms with van der Waals surface area (Å²) in [4.78, 5) is 37.4. The number of carbonyl (C=O) groups excluding carboxylic acids is 2. The van der Waals surface area contributed by atoms with Gasteiger partial charge in [-0.25, -0.2) is 4.79 Å². The van der Waals surface area contributed by atoms with Gasteiger partial charge in [0.2, 0.25) is 5.91 Å². The van der Waals surface area contributed by atoms with E-state index in [1.54, 1.807) is 4.90 Å². The van der Waals surface area contributed by atoms with Crippen LogP contribution >= 0.6 is 0 Å². The Morgan fingerprint density at radius 3 is 2.23 bits per heavy atom. The molecule has 0 saturated heterocycles. The van der Waals surface area contributed by atoms with E-state index in [2.05, 4.69) is 29.6 Å². The van der Waals surface area contributed by atoms with Crippen molar-refractivity contribution in [2.24, 2.45) is 5.92 Å². The number of hydrogen-bond acceptors (Lipinski definition) is 4. The molecule has 0 fully saturated rings. The van der Waals surface area contributed by atoms with E-state index in [1.807, 2.05) is 38.1 Å². The smallest absolute Gasteiger partial charge is 0.407 e. The van der Waals surface area contributed by atoms with Crippen LogP contribution < -0.4 is 5.32 Å². The van der Waals surface area contributed by atoms with E-state index in [1.165, 1.54) is 22.3 Å². The number of hydrogen-bond donors (Lipinski definition) is 2. The van der Waals surface area contributed by atoms with Crippen molar-refractivity contribution >= 4 is 18.0 Å². The zero-order valence-electron chi connectivity index (χ0n) is 20.7. The molecule has 0 spiro atoms. The number of rotatable bonds is 13. The highest BCUT2D eigenvalue weighted by Gasteiger charge is 2.29. The number of unbranched alkanes of at least 4 members (excludes halogenated alkanes) is 1. The number of carbonyl (C=O) groups is 3. The number of carboxylic acids is 1. The van der Waals surface area contributed by atoms with Crippen LogP contribution in [-0.2, 0) is 14.3 Å². The Labute approximate surface area is 207 Å². The molecule has 1 aliphatic rings. The lowest BCUT2D eigenvalue weighted by Crippen LogP contribution is -2.36. The molecule has 1 atom stereocenters. The van der Waals surface area contributed by atoms with E-state index in [-0.39, 0.29) is 30.8 Å². The van der Waals surface area contributed by atoms with Crippen LogP contribution in [0.1, 0.15) is 63.0 Å². The summed E-state index contributed by atoms with van der Waals surface area (Å²) in [5.74, 6) is -0.860. The van der Waals surface area contributed by atoms with Gasteiger partial charge in [-0.15, -0.1) is 0 Å². The molecule has 0 aliphatic heterocycles. The molecule has 1 unspecified atom stereocenters. The van der Waals surface area contributed by atoms with E-state index in [9.17, 15) is 14.4 Å². The number of aliphatic carboxylic acids is 1. The Morgan fingerprint density at radius 1 is 1.00 bits per heavy atom. The van der Waals surface area contributed by atoms with Crippen LogP contribution in [0.15, 0.2) is 48.5 Å². The van der Waals surface area contributed by atoms with Crippen LogP contribution in [0.3, 0.4) is 0 Å². The van der Waals surface area contributed by atoms with Crippen molar-refractivity contribution in [1.29, 1.82) is 0 Å². The molecule has 0 saturated carbocycles. The summed E-state index contributed by atoms with van der Waals surface area (Å²) >= 11 is 0. The average molecular weight is 481 g/mol. The summed E-state index contributed by atoms with van der Waals surface area (Å²) in [5.41, 5.74) is 4.74. The first kappa shape index (κ1) is 26.3. The summed E-state index contributed by atoms with van der Waals surface area (Å²) in [7, 11) is 0. The third-order valence-corrected chi connectivity index (χ3v) is 6.61. The third kappa shape index (κ3) is 7.07. The first-order valence-corrected chi connectivity index (χ1v) is 12.5. The fourth-order valence-electron chi connectivity index (χ4n) is 4.69. The highest BCUT2D eigenvalue weighted by molar-refractivity contribution is 5.79. The molecular weight excluding hydrogens is 444 g/mol. The summed E-state index contributed by atoms with van der Waals surface area (Å²) in [6.07, 6.45) is 2.27. The fourth-order valence-corrected chi connectivity index (χ4v) is 4.69. The molecule has 0 radical (unpaired) electrons. The second kappa shape index (κ2) is 12.9. The second-order valence-electron chi connectivity index (χ2n) is 9.06. The molecule has 35 heavy (non-hydrogen) atoms. The van der Waals surface area contributed by atoms with Gasteiger partial charge in [0.1, 0.15) is 6.61 Å². The van der Waals surface area contributed by atoms with E-state index < -0.39 is 12.1 Å². The molecule has 0 heterocycles. The Morgan fingerprint density at radius 2 is 1.63 bits per heavy atom. The van der Waals surface area contributed by atoms with Crippen LogP contribution in [0.4, 0.5) is 4.79 Å². The second-order valence-corrected chi connectivity index (χ2v) is 9.06. The largest absolute Gasteiger partial charge is 0.481 e. The summed E-state index contributed by atoms with van der Waals surface area (Å²) in [5, 5.41) is 11.5. The first-order chi connectivity index (χ1) is 16.9. The van der Waals surface area contributed by atoms with Gasteiger partial charge in [-0.1, -0.05) is 55.5 Å². The number of alkyl carbamates (subject to hydrolysis) is 1. The van der Waals surface area contributed by atoms with Gasteiger partial charge < -0.3 is 20.1 Å². The topological polar surface area (TPSA) is 95.9 Å². The normalized spacial score (nSPS) is 13.0. The van der Waals surface area contributed by atoms with Crippen LogP contribution in [0, 0.1) is 5.92 Å². The maximum absolute atomic E-state index is 12.7. The van der Waals surface area contributed by atoms with Crippen molar-refractivity contribution < 1.29 is 24.2 Å². The molecular formula is C28H36N2O5. The number of nitrogens with zero attached hydrogens (tertiary/aromatic N) is 1. The van der Waals surface area contributed by atoms with Crippen LogP contribution in [0.5, 0.6) is 0 Å². The van der Waals surface area contributed by atoms with E-state index in [0.29, 0.717) is 45.3 Å². The van der Waals surface area contributed by atoms with Gasteiger partial charge in [-0.2, -0.15) is 0 Å². The van der Waals surface area contributed by atoms with Crippen LogP contribution in [-0.4, -0.2) is 54.2 Å². The molecule has 2 N–H and O–H groups in total. The van der Waals surface area contributed by atoms with Crippen molar-refractivity contribution in [2.75, 3.05) is 26.2 Å². The molecule has 7 heteroatoms. The van der Waals surface area contributed by atoms with E-state index >= 15 is 0 Å². The van der Waals surface area contributed by atoms with E-state index in [0.717, 1.165) is 0 Å². The highest BCUT2D eigenvalue weighted by Crippen LogP contribution is 2.44. The van der Waals surface area contributed by atoms with Crippen LogP contribution in [0.25, 0.3) is 11.1 Å². The monoisotopic (exact) mass is 480 g/mol. The van der Waals surface area contributed by atoms with Gasteiger partial charge in [-0.05, 0) is 54.9 Å². The maximum Gasteiger partial charge on any atom is 0.407 e. The zero-order valence-corrected chi connectivity index (χ0v) is 20.7. The Bertz CT molecular complexity index is 976. The lowest BCUT2D eigenvalue weighted by molar-refractivity contribution is -0.137. The third-order valence-electron chi connectivity index (χ3n) is 6.61. The standard InChI is InChI=1S/C28H36N2O5/c1-3-30(18-9-8-16-26(31)32)27(33)20(2)11-10-17-29-28(34)35-19-25-23-14-6-4-12-21(23)22-13-5-7-15-24(22)25/h4-7,12-15,20,25H,3,8-11,16-19H2,1-2H3,(H,29,34)(H,31,32). The van der Waals surface area contributed by atoms with Crippen molar-refractivity contribution in [1.82, 2.24) is 10.2 Å². The van der Waals surface area contributed by atoms with Crippen LogP contribution in [0.2, 0.25) is 0 Å². The number of ether oxygens (including phenoxy) is 1. The molecule has 1 aliphatic carbocycles. The van der Waals surface area contributed by atoms with Gasteiger partial charge in [0.25, 0.3) is 0 Å². The lowest BCUT2D eigenvalue weighted by atomic mass is 9.98. The molecule has 2 amide bonds. The first-order valence-electron chi connectivity index (χ1n) is 12.5. The number of amides is 2. The van der Waals surface area contributed by atoms with Gasteiger partial charge in [-0.3, -0.25) is 9.59 Å². The van der Waals surface area contributed by atoms with Gasteiger partial charge in [0.15, 0.2) is 0 Å².